The van der Waals surface area contributed by atoms with E-state index in [1.807, 2.05) is 42.5 Å². The van der Waals surface area contributed by atoms with Gasteiger partial charge in [0, 0.05) is 6.42 Å². The number of nitrogens with one attached hydrogen (secondary N) is 1. The minimum atomic E-state index is -1.29. The van der Waals surface area contributed by atoms with Crippen LogP contribution in [-0.2, 0) is 9.59 Å². The molecular weight excluding hydrogens is 469 g/mol. The van der Waals surface area contributed by atoms with E-state index in [0.717, 1.165) is 11.1 Å². The Balaban J connectivity index is 1.51. The maximum atomic E-state index is 14.5. The summed E-state index contributed by atoms with van der Waals surface area (Å²) < 4.78 is 20.1. The van der Waals surface area contributed by atoms with Crippen LogP contribution < -0.4 is 10.1 Å². The van der Waals surface area contributed by atoms with Gasteiger partial charge in [-0.25, -0.2) is 4.39 Å². The molecule has 3 aromatic rings. The van der Waals surface area contributed by atoms with Crippen molar-refractivity contribution in [3.8, 4) is 5.75 Å². The predicted molar refractivity (Wildman–Crippen MR) is 143 cm³/mol. The maximum absolute atomic E-state index is 14.5. The van der Waals surface area contributed by atoms with Crippen molar-refractivity contribution in [1.29, 1.82) is 0 Å². The summed E-state index contributed by atoms with van der Waals surface area (Å²) in [5.74, 6) is -0.0770. The molecule has 4 rings (SSSR count). The van der Waals surface area contributed by atoms with Gasteiger partial charge in [0.2, 0.25) is 5.91 Å². The molecule has 1 aliphatic rings. The number of amides is 2. The molecule has 0 radical (unpaired) electrons. The molecule has 0 bridgehead atoms. The third-order valence-electron chi connectivity index (χ3n) is 6.62. The molecule has 0 aliphatic carbocycles. The molecule has 1 saturated heterocycles. The SMILES string of the molecule is C=Nc1ccccc1OCC(=O)N1C[C@H](F)C[C@H]1C(=O)N[C@@H](c1ccccc1)c1ccc(C(C)C)cc1. The first-order valence-electron chi connectivity index (χ1n) is 12.4. The van der Waals surface area contributed by atoms with Crippen LogP contribution >= 0.6 is 0 Å². The smallest absolute Gasteiger partial charge is 0.261 e. The van der Waals surface area contributed by atoms with Crippen LogP contribution in [-0.4, -0.2) is 48.8 Å². The molecule has 1 aliphatic heterocycles. The number of rotatable bonds is 9. The van der Waals surface area contributed by atoms with E-state index in [1.165, 1.54) is 10.5 Å². The van der Waals surface area contributed by atoms with Gasteiger partial charge in [0.15, 0.2) is 6.61 Å². The molecule has 6 nitrogen and oxygen atoms in total. The number of nitrogens with zero attached hydrogens (tertiary/aromatic N) is 2. The molecule has 0 aromatic heterocycles. The number of ether oxygens (including phenoxy) is 1. The number of carbonyl (C=O) groups excluding carboxylic acids is 2. The van der Waals surface area contributed by atoms with Gasteiger partial charge in [0.05, 0.1) is 12.6 Å². The molecule has 0 saturated carbocycles. The van der Waals surface area contributed by atoms with Gasteiger partial charge < -0.3 is 15.0 Å². The molecular formula is C30H32FN3O3. The second-order valence-corrected chi connectivity index (χ2v) is 9.48. The number of alkyl halides is 1. The Morgan fingerprint density at radius 3 is 2.30 bits per heavy atom. The molecule has 1 fully saturated rings. The molecule has 7 heteroatoms. The molecule has 2 amide bonds. The summed E-state index contributed by atoms with van der Waals surface area (Å²) in [6.45, 7) is 7.27. The maximum Gasteiger partial charge on any atom is 0.261 e. The molecule has 1 N–H and O–H groups in total. The highest BCUT2D eigenvalue weighted by molar-refractivity contribution is 5.89. The zero-order valence-corrected chi connectivity index (χ0v) is 21.1. The summed E-state index contributed by atoms with van der Waals surface area (Å²) in [5, 5.41) is 3.07. The lowest BCUT2D eigenvalue weighted by Crippen LogP contribution is -2.48. The summed E-state index contributed by atoms with van der Waals surface area (Å²) in [7, 11) is 0. The Kier molecular flexibility index (Phi) is 8.33. The lowest BCUT2D eigenvalue weighted by molar-refractivity contribution is -0.140. The summed E-state index contributed by atoms with van der Waals surface area (Å²) in [6.07, 6.45) is -1.35. The Labute approximate surface area is 217 Å². The van der Waals surface area contributed by atoms with Gasteiger partial charge in [0.1, 0.15) is 23.7 Å². The van der Waals surface area contributed by atoms with Crippen molar-refractivity contribution in [2.75, 3.05) is 13.2 Å². The summed E-state index contributed by atoms with van der Waals surface area (Å²) in [5.41, 5.74) is 3.51. The van der Waals surface area contributed by atoms with E-state index in [-0.39, 0.29) is 19.6 Å². The van der Waals surface area contributed by atoms with Crippen molar-refractivity contribution in [3.63, 3.8) is 0 Å². The van der Waals surface area contributed by atoms with Crippen molar-refractivity contribution < 1.29 is 18.7 Å². The third-order valence-corrected chi connectivity index (χ3v) is 6.62. The summed E-state index contributed by atoms with van der Waals surface area (Å²) in [4.78, 5) is 31.6. The van der Waals surface area contributed by atoms with Crippen LogP contribution in [0.5, 0.6) is 5.75 Å². The molecule has 0 spiro atoms. The first-order chi connectivity index (χ1) is 17.9. The van der Waals surface area contributed by atoms with Gasteiger partial charge >= 0.3 is 0 Å². The average Bonchev–Trinajstić information content (AvgIpc) is 3.32. The van der Waals surface area contributed by atoms with Gasteiger partial charge in [-0.05, 0) is 41.5 Å². The molecule has 37 heavy (non-hydrogen) atoms. The lowest BCUT2D eigenvalue weighted by atomic mass is 9.95. The number of hydrogen-bond donors (Lipinski definition) is 1. The largest absolute Gasteiger partial charge is 0.482 e. The number of likely N-dealkylation sites (tertiary alicyclic amines) is 1. The number of para-hydroxylation sites is 2. The number of hydrogen-bond acceptors (Lipinski definition) is 4. The van der Waals surface area contributed by atoms with E-state index in [2.05, 4.69) is 43.0 Å². The molecule has 0 unspecified atom stereocenters. The average molecular weight is 502 g/mol. The summed E-state index contributed by atoms with van der Waals surface area (Å²) in [6, 6.07) is 23.3. The fraction of sp³-hybridized carbons (Fsp3) is 0.300. The highest BCUT2D eigenvalue weighted by Crippen LogP contribution is 2.28. The predicted octanol–water partition coefficient (Wildman–Crippen LogP) is 5.37. The van der Waals surface area contributed by atoms with E-state index in [0.29, 0.717) is 17.4 Å². The lowest BCUT2D eigenvalue weighted by Gasteiger charge is -2.27. The second-order valence-electron chi connectivity index (χ2n) is 9.48. The van der Waals surface area contributed by atoms with Gasteiger partial charge in [-0.2, -0.15) is 0 Å². The normalized spacial score (nSPS) is 17.9. The topological polar surface area (TPSA) is 71.0 Å². The quantitative estimate of drug-likeness (QED) is 0.401. The number of carbonyl (C=O) groups is 2. The minimum Gasteiger partial charge on any atom is -0.482 e. The number of aliphatic imine (C=N–C) groups is 1. The molecule has 192 valence electrons. The van der Waals surface area contributed by atoms with Crippen LogP contribution in [0.3, 0.4) is 0 Å². The minimum absolute atomic E-state index is 0.0594. The molecule has 3 atom stereocenters. The van der Waals surface area contributed by atoms with Gasteiger partial charge in [-0.3, -0.25) is 14.6 Å². The van der Waals surface area contributed by atoms with Crippen LogP contribution in [0.1, 0.15) is 48.9 Å². The Morgan fingerprint density at radius 2 is 1.62 bits per heavy atom. The van der Waals surface area contributed by atoms with E-state index >= 15 is 0 Å². The van der Waals surface area contributed by atoms with E-state index in [1.54, 1.807) is 24.3 Å². The first kappa shape index (κ1) is 26.1. The second kappa shape index (κ2) is 11.8. The molecule has 3 aromatic carbocycles. The van der Waals surface area contributed by atoms with Crippen molar-refractivity contribution in [2.45, 2.75) is 44.4 Å². The fourth-order valence-electron chi connectivity index (χ4n) is 4.56. The highest BCUT2D eigenvalue weighted by Gasteiger charge is 2.40. The summed E-state index contributed by atoms with van der Waals surface area (Å²) >= 11 is 0. The highest BCUT2D eigenvalue weighted by atomic mass is 19.1. The van der Waals surface area contributed by atoms with Gasteiger partial charge in [-0.15, -0.1) is 0 Å². The van der Waals surface area contributed by atoms with Crippen molar-refractivity contribution in [1.82, 2.24) is 10.2 Å². The van der Waals surface area contributed by atoms with Crippen molar-refractivity contribution in [3.05, 3.63) is 95.6 Å². The molecule has 1 heterocycles. The van der Waals surface area contributed by atoms with Crippen molar-refractivity contribution >= 4 is 24.2 Å². The third kappa shape index (κ3) is 6.23. The number of halogens is 1. The van der Waals surface area contributed by atoms with Crippen LogP contribution in [0.4, 0.5) is 10.1 Å². The first-order valence-corrected chi connectivity index (χ1v) is 12.4. The van der Waals surface area contributed by atoms with Gasteiger partial charge in [0.25, 0.3) is 5.91 Å². The fourth-order valence-corrected chi connectivity index (χ4v) is 4.56. The number of benzene rings is 3. The van der Waals surface area contributed by atoms with Crippen molar-refractivity contribution in [2.24, 2.45) is 4.99 Å². The monoisotopic (exact) mass is 501 g/mol. The van der Waals surface area contributed by atoms with E-state index in [4.69, 9.17) is 4.74 Å². The van der Waals surface area contributed by atoms with Crippen LogP contribution in [0.2, 0.25) is 0 Å². The Hall–Kier alpha value is -4.00. The van der Waals surface area contributed by atoms with E-state index in [9.17, 15) is 14.0 Å². The zero-order chi connectivity index (χ0) is 26.4. The van der Waals surface area contributed by atoms with E-state index < -0.39 is 30.1 Å². The Bertz CT molecular complexity index is 1230. The van der Waals surface area contributed by atoms with Crippen LogP contribution in [0.25, 0.3) is 0 Å². The Morgan fingerprint density at radius 1 is 1.00 bits per heavy atom. The van der Waals surface area contributed by atoms with Crippen LogP contribution in [0.15, 0.2) is 83.9 Å². The standard InChI is InChI=1S/C30H32FN3O3/c1-20(2)21-13-15-23(16-14-21)29(22-9-5-4-6-10-22)33-30(36)26-17-24(31)18-34(26)28(35)19-37-27-12-8-7-11-25(27)32-3/h4-16,20,24,26,29H,3,17-19H2,1-2H3,(H,33,36)/t24-,26+,29+/m1/s1. The zero-order valence-electron chi connectivity index (χ0n) is 21.1. The van der Waals surface area contributed by atoms with Crippen LogP contribution in [0, 0.1) is 0 Å². The van der Waals surface area contributed by atoms with Gasteiger partial charge in [-0.1, -0.05) is 80.6 Å².